The smallest absolute Gasteiger partial charge is 0.320 e. The highest BCUT2D eigenvalue weighted by molar-refractivity contribution is 8.03. The van der Waals surface area contributed by atoms with Crippen LogP contribution in [0.3, 0.4) is 0 Å². The second kappa shape index (κ2) is 9.70. The minimum absolute atomic E-state index is 0.0160. The molecule has 204 valence electrons. The number of benzene rings is 2. The van der Waals surface area contributed by atoms with Crippen molar-refractivity contribution in [3.63, 3.8) is 0 Å². The van der Waals surface area contributed by atoms with E-state index in [1.807, 2.05) is 64.0 Å². The number of rotatable bonds is 7. The zero-order valence-corrected chi connectivity index (χ0v) is 24.3. The number of hydrogen-bond donors (Lipinski definition) is 1. The molecule has 0 saturated carbocycles. The van der Waals surface area contributed by atoms with Gasteiger partial charge in [-0.3, -0.25) is 4.55 Å². The molecule has 2 aromatic carbocycles. The molecule has 0 radical (unpaired) electrons. The summed E-state index contributed by atoms with van der Waals surface area (Å²) < 4.78 is 73.9. The Balaban J connectivity index is 1.50. The van der Waals surface area contributed by atoms with E-state index in [9.17, 15) is 25.9 Å². The van der Waals surface area contributed by atoms with Gasteiger partial charge < -0.3 is 9.12 Å². The highest BCUT2D eigenvalue weighted by Crippen LogP contribution is 2.58. The molecule has 2 aliphatic heterocycles. The maximum atomic E-state index is 12.6. The topological polar surface area (TPSA) is 120 Å². The number of fused-ring (bicyclic) bond motifs is 3. The van der Waals surface area contributed by atoms with Crippen LogP contribution in [0.25, 0.3) is 22.0 Å². The third-order valence-electron chi connectivity index (χ3n) is 7.16. The monoisotopic (exact) mass is 624 g/mol. The lowest BCUT2D eigenvalue weighted by atomic mass is 10.1. The summed E-state index contributed by atoms with van der Waals surface area (Å²) in [6.45, 7) is 0.759. The van der Waals surface area contributed by atoms with Crippen molar-refractivity contribution < 1.29 is 30.5 Å². The van der Waals surface area contributed by atoms with Crippen molar-refractivity contribution in [3.05, 3.63) is 76.0 Å². The summed E-state index contributed by atoms with van der Waals surface area (Å²) in [6.07, 6.45) is 6.17. The van der Waals surface area contributed by atoms with E-state index in [4.69, 9.17) is 11.6 Å². The molecule has 39 heavy (non-hydrogen) atoms. The lowest BCUT2D eigenvalue weighted by Crippen LogP contribution is -2.66. The fraction of sp³-hybridized carbons (Fsp3) is 0.240. The minimum Gasteiger partial charge on any atom is -0.748 e. The van der Waals surface area contributed by atoms with Crippen LogP contribution in [0.4, 0.5) is 5.69 Å². The van der Waals surface area contributed by atoms with Gasteiger partial charge in [-0.1, -0.05) is 22.9 Å². The molecule has 14 heteroatoms. The fourth-order valence-corrected chi connectivity index (χ4v) is 9.77. The molecule has 1 N–H and O–H groups in total. The summed E-state index contributed by atoms with van der Waals surface area (Å²) in [5.74, 6) is -0.499. The number of hydrogen-bond acceptors (Lipinski definition) is 7. The Hall–Kier alpha value is -2.23. The van der Waals surface area contributed by atoms with Crippen LogP contribution in [0.15, 0.2) is 70.8 Å². The second-order valence-corrected chi connectivity index (χ2v) is 15.2. The van der Waals surface area contributed by atoms with Crippen LogP contribution >= 0.6 is 34.7 Å². The number of aromatic nitrogens is 2. The molecule has 1 saturated heterocycles. The van der Waals surface area contributed by atoms with Gasteiger partial charge in [0.2, 0.25) is 10.9 Å². The van der Waals surface area contributed by atoms with Crippen LogP contribution in [-0.2, 0) is 26.8 Å². The van der Waals surface area contributed by atoms with E-state index >= 15 is 0 Å². The zero-order valence-electron chi connectivity index (χ0n) is 20.3. The molecule has 0 aliphatic carbocycles. The lowest BCUT2D eigenvalue weighted by molar-refractivity contribution is -0.668. The van der Waals surface area contributed by atoms with Gasteiger partial charge in [-0.05, 0) is 48.2 Å². The number of aryl methyl sites for hydroxylation is 1. The summed E-state index contributed by atoms with van der Waals surface area (Å²) in [6, 6.07) is 15.2. The average molecular weight is 625 g/mol. The van der Waals surface area contributed by atoms with Crippen molar-refractivity contribution in [2.24, 2.45) is 0 Å². The Morgan fingerprint density at radius 3 is 2.59 bits per heavy atom. The maximum Gasteiger partial charge on any atom is 0.320 e. The minimum atomic E-state index is -4.38. The van der Waals surface area contributed by atoms with Gasteiger partial charge in [0, 0.05) is 41.7 Å². The van der Waals surface area contributed by atoms with Crippen molar-refractivity contribution in [3.8, 4) is 5.69 Å². The van der Waals surface area contributed by atoms with Gasteiger partial charge in [0.25, 0.3) is 5.01 Å². The van der Waals surface area contributed by atoms with Crippen LogP contribution < -0.4 is 9.05 Å². The first-order valence-corrected chi connectivity index (χ1v) is 17.1. The predicted octanol–water partition coefficient (Wildman–Crippen LogP) is 4.60. The normalized spacial score (nSPS) is 22.0. The molecular weight excluding hydrogens is 602 g/mol. The van der Waals surface area contributed by atoms with Crippen molar-refractivity contribution in [1.82, 2.24) is 9.05 Å². The zero-order chi connectivity index (χ0) is 27.6. The Kier molecular flexibility index (Phi) is 6.71. The van der Waals surface area contributed by atoms with Gasteiger partial charge >= 0.3 is 10.1 Å². The van der Waals surface area contributed by atoms with E-state index < -0.39 is 31.4 Å². The van der Waals surface area contributed by atoms with Crippen LogP contribution in [-0.4, -0.2) is 48.2 Å². The summed E-state index contributed by atoms with van der Waals surface area (Å²) in [5, 5.41) is 0.976. The third kappa shape index (κ3) is 4.84. The van der Waals surface area contributed by atoms with E-state index in [1.54, 1.807) is 12.1 Å². The molecule has 4 aromatic rings. The van der Waals surface area contributed by atoms with Gasteiger partial charge in [0.15, 0.2) is 17.3 Å². The summed E-state index contributed by atoms with van der Waals surface area (Å²) >= 11 is 9.19. The van der Waals surface area contributed by atoms with E-state index in [-0.39, 0.29) is 17.4 Å². The highest BCUT2D eigenvalue weighted by atomic mass is 35.5. The van der Waals surface area contributed by atoms with Crippen LogP contribution in [0.5, 0.6) is 0 Å². The fourth-order valence-electron chi connectivity index (χ4n) is 5.34. The first-order valence-electron chi connectivity index (χ1n) is 12.0. The Labute approximate surface area is 239 Å². The number of thioether (sulfide) groups is 1. The quantitative estimate of drug-likeness (QED) is 0.181. The highest BCUT2D eigenvalue weighted by Gasteiger charge is 2.62. The Morgan fingerprint density at radius 1 is 1.15 bits per heavy atom. The van der Waals surface area contributed by atoms with E-state index in [1.165, 1.54) is 23.1 Å². The number of thiazole rings is 1. The van der Waals surface area contributed by atoms with Crippen molar-refractivity contribution in [1.29, 1.82) is 0 Å². The average Bonchev–Trinajstić information content (AvgIpc) is 3.53. The van der Waals surface area contributed by atoms with E-state index in [0.717, 1.165) is 36.5 Å². The molecule has 1 fully saturated rings. The molecule has 2 aliphatic rings. The molecule has 0 amide bonds. The van der Waals surface area contributed by atoms with E-state index in [0.29, 0.717) is 18.0 Å². The first-order chi connectivity index (χ1) is 18.5. The molecule has 2 atom stereocenters. The number of quaternary nitrogens is 1. The van der Waals surface area contributed by atoms with Gasteiger partial charge in [-0.15, -0.1) is 0 Å². The summed E-state index contributed by atoms with van der Waals surface area (Å²) in [7, 11) is -8.75. The molecule has 1 spiro atoms. The molecule has 4 heterocycles. The van der Waals surface area contributed by atoms with Crippen molar-refractivity contribution >= 4 is 76.9 Å². The van der Waals surface area contributed by atoms with Crippen molar-refractivity contribution in [2.75, 3.05) is 12.3 Å². The third-order valence-corrected chi connectivity index (χ3v) is 11.8. The maximum absolute atomic E-state index is 12.6. The first kappa shape index (κ1) is 27.0. The van der Waals surface area contributed by atoms with Crippen LogP contribution in [0.2, 0.25) is 5.02 Å². The van der Waals surface area contributed by atoms with Crippen molar-refractivity contribution in [2.45, 2.75) is 29.7 Å². The lowest BCUT2D eigenvalue weighted by Gasteiger charge is -2.47. The molecule has 6 rings (SSSR count). The Morgan fingerprint density at radius 2 is 1.92 bits per heavy atom. The van der Waals surface area contributed by atoms with Gasteiger partial charge in [0.05, 0.1) is 39.7 Å². The van der Waals surface area contributed by atoms with Gasteiger partial charge in [-0.2, -0.15) is 13.0 Å². The van der Waals surface area contributed by atoms with E-state index in [2.05, 4.69) is 0 Å². The standard InChI is InChI=1S/C25H22ClN3O6S4/c26-17-4-6-21-19(14-17)28(11-3-13-38(30,31)32)23(36-21)16-24-29(12-8-25(29)39(33,34)35)20-15-18(5-7-22(20)37-24)27-9-1-2-10-27/h1-2,4-7,9-10,14-16,25H,3,8,11-13H2/p+1/b24-16-. The molecule has 0 bridgehead atoms. The predicted molar refractivity (Wildman–Crippen MR) is 152 cm³/mol. The Bertz CT molecular complexity index is 1850. The number of halogens is 1. The second-order valence-electron chi connectivity index (χ2n) is 9.50. The SMILES string of the molecule is O=S(=O)([O-])CCC[n+]1c(/C=C2\Sc3ccc(-n4cccc4)cc3[N+]23CCC3S(=O)(=O)O)sc2ccc(Cl)cc21. The molecule has 2 aromatic heterocycles. The summed E-state index contributed by atoms with van der Waals surface area (Å²) in [5.41, 5.74) is 2.48. The molecule has 2 unspecified atom stereocenters. The summed E-state index contributed by atoms with van der Waals surface area (Å²) in [4.78, 5) is 0.902. The van der Waals surface area contributed by atoms with Gasteiger partial charge in [-0.25, -0.2) is 12.9 Å². The van der Waals surface area contributed by atoms with Crippen LogP contribution in [0.1, 0.15) is 17.8 Å². The molecule has 9 nitrogen and oxygen atoms in total. The van der Waals surface area contributed by atoms with Gasteiger partial charge in [0.1, 0.15) is 4.70 Å². The molecular formula is C25H23ClN3O6S4+. The largest absolute Gasteiger partial charge is 0.748 e. The number of nitrogens with zero attached hydrogens (tertiary/aromatic N) is 3. The van der Waals surface area contributed by atoms with Crippen LogP contribution in [0, 0.1) is 0 Å².